The molecule has 132 valence electrons. The van der Waals surface area contributed by atoms with Crippen LogP contribution in [0.5, 0.6) is 5.75 Å². The van der Waals surface area contributed by atoms with E-state index < -0.39 is 0 Å². The van der Waals surface area contributed by atoms with E-state index in [2.05, 4.69) is 29.1 Å². The van der Waals surface area contributed by atoms with E-state index in [1.165, 1.54) is 5.56 Å². The van der Waals surface area contributed by atoms with Gasteiger partial charge in [-0.2, -0.15) is 0 Å². The van der Waals surface area contributed by atoms with Crippen molar-refractivity contribution in [2.45, 2.75) is 20.8 Å². The van der Waals surface area contributed by atoms with Crippen molar-refractivity contribution in [1.29, 1.82) is 0 Å². The zero-order valence-electron chi connectivity index (χ0n) is 14.9. The number of guanidine groups is 1. The number of benzene rings is 1. The number of aliphatic imine (C=N–C) groups is 1. The molecule has 0 aliphatic carbocycles. The van der Waals surface area contributed by atoms with E-state index in [4.69, 9.17) is 4.74 Å². The molecule has 1 fully saturated rings. The van der Waals surface area contributed by atoms with Gasteiger partial charge in [0.2, 0.25) is 5.91 Å². The molecule has 6 nitrogen and oxygen atoms in total. The molecule has 0 bridgehead atoms. The summed E-state index contributed by atoms with van der Waals surface area (Å²) in [6.45, 7) is 10.8. The van der Waals surface area contributed by atoms with E-state index in [1.807, 2.05) is 29.2 Å². The van der Waals surface area contributed by atoms with Gasteiger partial charge in [-0.15, -0.1) is 0 Å². The lowest BCUT2D eigenvalue weighted by molar-refractivity contribution is -0.130. The highest BCUT2D eigenvalue weighted by Gasteiger charge is 2.20. The molecule has 1 heterocycles. The lowest BCUT2D eigenvalue weighted by Gasteiger charge is -2.36. The standard InChI is InChI=1S/C18H28N4O2/c1-4-19-18(22-12-10-21(11-13-22)16(3)23)20-9-14-24-17-7-5-15(2)6-8-17/h5-8H,4,9-14H2,1-3H3,(H,19,20). The first kappa shape index (κ1) is 18.1. The van der Waals surface area contributed by atoms with Gasteiger partial charge in [0.25, 0.3) is 0 Å². The molecule has 1 N–H and O–H groups in total. The summed E-state index contributed by atoms with van der Waals surface area (Å²) in [5, 5.41) is 3.32. The molecule has 1 saturated heterocycles. The Morgan fingerprint density at radius 1 is 1.17 bits per heavy atom. The molecule has 1 aliphatic rings. The van der Waals surface area contributed by atoms with Gasteiger partial charge < -0.3 is 19.9 Å². The zero-order chi connectivity index (χ0) is 17.4. The lowest BCUT2D eigenvalue weighted by Crippen LogP contribution is -2.53. The zero-order valence-corrected chi connectivity index (χ0v) is 14.9. The number of carbonyl (C=O) groups is 1. The number of hydrogen-bond acceptors (Lipinski definition) is 3. The summed E-state index contributed by atoms with van der Waals surface area (Å²) < 4.78 is 5.72. The normalized spacial score (nSPS) is 15.4. The first-order valence-electron chi connectivity index (χ1n) is 8.58. The molecule has 0 aromatic heterocycles. The van der Waals surface area contributed by atoms with Gasteiger partial charge in [-0.25, -0.2) is 4.99 Å². The van der Waals surface area contributed by atoms with Gasteiger partial charge >= 0.3 is 0 Å². The highest BCUT2D eigenvalue weighted by Crippen LogP contribution is 2.11. The summed E-state index contributed by atoms with van der Waals surface area (Å²) in [6, 6.07) is 8.03. The highest BCUT2D eigenvalue weighted by molar-refractivity contribution is 5.80. The minimum absolute atomic E-state index is 0.142. The third-order valence-electron chi connectivity index (χ3n) is 4.00. The van der Waals surface area contributed by atoms with Crippen LogP contribution in [-0.2, 0) is 4.79 Å². The van der Waals surface area contributed by atoms with Crippen LogP contribution in [0, 0.1) is 6.92 Å². The molecule has 0 saturated carbocycles. The fraction of sp³-hybridized carbons (Fsp3) is 0.556. The summed E-state index contributed by atoms with van der Waals surface area (Å²) in [5.74, 6) is 1.91. The van der Waals surface area contributed by atoms with E-state index in [-0.39, 0.29) is 5.91 Å². The number of aryl methyl sites for hydroxylation is 1. The van der Waals surface area contributed by atoms with Gasteiger partial charge in [0.1, 0.15) is 12.4 Å². The second-order valence-corrected chi connectivity index (χ2v) is 5.89. The number of piperazine rings is 1. The Hall–Kier alpha value is -2.24. The summed E-state index contributed by atoms with van der Waals surface area (Å²) >= 11 is 0. The molecule has 1 amide bonds. The number of amides is 1. The first-order chi connectivity index (χ1) is 11.6. The quantitative estimate of drug-likeness (QED) is 0.504. The minimum atomic E-state index is 0.142. The predicted octanol–water partition coefficient (Wildman–Crippen LogP) is 1.50. The van der Waals surface area contributed by atoms with Gasteiger partial charge in [-0.05, 0) is 26.0 Å². The van der Waals surface area contributed by atoms with Crippen LogP contribution in [0.1, 0.15) is 19.4 Å². The molecule has 0 atom stereocenters. The maximum Gasteiger partial charge on any atom is 0.219 e. The number of hydrogen-bond donors (Lipinski definition) is 1. The van der Waals surface area contributed by atoms with Crippen molar-refractivity contribution in [1.82, 2.24) is 15.1 Å². The fourth-order valence-electron chi connectivity index (χ4n) is 2.61. The number of nitrogens with zero attached hydrogens (tertiary/aromatic N) is 3. The summed E-state index contributed by atoms with van der Waals surface area (Å²) in [7, 11) is 0. The maximum atomic E-state index is 11.4. The van der Waals surface area contributed by atoms with Crippen LogP contribution in [0.4, 0.5) is 0 Å². The molecular weight excluding hydrogens is 304 g/mol. The molecule has 6 heteroatoms. The van der Waals surface area contributed by atoms with Crippen molar-refractivity contribution < 1.29 is 9.53 Å². The minimum Gasteiger partial charge on any atom is -0.492 e. The molecule has 0 unspecified atom stereocenters. The maximum absolute atomic E-state index is 11.4. The van der Waals surface area contributed by atoms with Crippen molar-refractivity contribution in [2.24, 2.45) is 4.99 Å². The van der Waals surface area contributed by atoms with Crippen LogP contribution in [0.15, 0.2) is 29.3 Å². The van der Waals surface area contributed by atoms with Gasteiger partial charge in [0.15, 0.2) is 5.96 Å². The third kappa shape index (κ3) is 5.44. The monoisotopic (exact) mass is 332 g/mol. The Bertz CT molecular complexity index is 549. The van der Waals surface area contributed by atoms with Crippen molar-refractivity contribution >= 4 is 11.9 Å². The van der Waals surface area contributed by atoms with E-state index in [1.54, 1.807) is 6.92 Å². The Kier molecular flexibility index (Phi) is 6.90. The van der Waals surface area contributed by atoms with Crippen LogP contribution >= 0.6 is 0 Å². The van der Waals surface area contributed by atoms with Crippen molar-refractivity contribution in [3.8, 4) is 5.75 Å². The van der Waals surface area contributed by atoms with Crippen LogP contribution in [-0.4, -0.2) is 67.5 Å². The SMILES string of the molecule is CCNC(=NCCOc1ccc(C)cc1)N1CCN(C(C)=O)CC1. The fourth-order valence-corrected chi connectivity index (χ4v) is 2.61. The van der Waals surface area contributed by atoms with Crippen molar-refractivity contribution in [3.05, 3.63) is 29.8 Å². The van der Waals surface area contributed by atoms with Gasteiger partial charge in [0, 0.05) is 39.6 Å². The predicted molar refractivity (Wildman–Crippen MR) is 96.5 cm³/mol. The van der Waals surface area contributed by atoms with Crippen LogP contribution in [0.3, 0.4) is 0 Å². The highest BCUT2D eigenvalue weighted by atomic mass is 16.5. The average molecular weight is 332 g/mol. The summed E-state index contributed by atoms with van der Waals surface area (Å²) in [4.78, 5) is 20.1. The topological polar surface area (TPSA) is 57.2 Å². The Morgan fingerprint density at radius 2 is 1.79 bits per heavy atom. The molecule has 0 radical (unpaired) electrons. The molecule has 24 heavy (non-hydrogen) atoms. The first-order valence-corrected chi connectivity index (χ1v) is 8.58. The Balaban J connectivity index is 1.82. The van der Waals surface area contributed by atoms with Gasteiger partial charge in [-0.3, -0.25) is 4.79 Å². The number of ether oxygens (including phenoxy) is 1. The average Bonchev–Trinajstić information content (AvgIpc) is 2.59. The largest absolute Gasteiger partial charge is 0.492 e. The van der Waals surface area contributed by atoms with Crippen molar-refractivity contribution in [2.75, 3.05) is 45.9 Å². The lowest BCUT2D eigenvalue weighted by atomic mass is 10.2. The Morgan fingerprint density at radius 3 is 2.38 bits per heavy atom. The Labute approximate surface area is 144 Å². The van der Waals surface area contributed by atoms with Gasteiger partial charge in [-0.1, -0.05) is 17.7 Å². The second kappa shape index (κ2) is 9.15. The smallest absolute Gasteiger partial charge is 0.219 e. The number of carbonyl (C=O) groups excluding carboxylic acids is 1. The van der Waals surface area contributed by atoms with E-state index in [0.29, 0.717) is 13.2 Å². The number of rotatable bonds is 5. The molecular formula is C18H28N4O2. The van der Waals surface area contributed by atoms with Gasteiger partial charge in [0.05, 0.1) is 6.54 Å². The molecule has 2 rings (SSSR count). The van der Waals surface area contributed by atoms with E-state index >= 15 is 0 Å². The molecule has 0 spiro atoms. The molecule has 1 aromatic rings. The molecule has 1 aliphatic heterocycles. The van der Waals surface area contributed by atoms with Crippen LogP contribution in [0.25, 0.3) is 0 Å². The summed E-state index contributed by atoms with van der Waals surface area (Å²) in [6.07, 6.45) is 0. The van der Waals surface area contributed by atoms with Crippen molar-refractivity contribution in [3.63, 3.8) is 0 Å². The van der Waals surface area contributed by atoms with E-state index in [0.717, 1.165) is 44.4 Å². The summed E-state index contributed by atoms with van der Waals surface area (Å²) in [5.41, 5.74) is 1.22. The number of nitrogens with one attached hydrogen (secondary N) is 1. The van der Waals surface area contributed by atoms with E-state index in [9.17, 15) is 4.79 Å². The second-order valence-electron chi connectivity index (χ2n) is 5.89. The molecule has 1 aromatic carbocycles. The third-order valence-corrected chi connectivity index (χ3v) is 4.00. The van der Waals surface area contributed by atoms with Crippen LogP contribution in [0.2, 0.25) is 0 Å². The van der Waals surface area contributed by atoms with Crippen LogP contribution < -0.4 is 10.1 Å².